The molecule has 1 aromatic rings. The molecule has 0 aromatic heterocycles. The molecule has 0 saturated carbocycles. The minimum atomic E-state index is 0.810. The summed E-state index contributed by atoms with van der Waals surface area (Å²) in [6, 6.07) is 5.73. The van der Waals surface area contributed by atoms with Crippen molar-refractivity contribution < 1.29 is 0 Å². The summed E-state index contributed by atoms with van der Waals surface area (Å²) in [6.45, 7) is 2.22. The summed E-state index contributed by atoms with van der Waals surface area (Å²) in [5.41, 5.74) is 14.4. The molecular formula is C12H20N2. The van der Waals surface area contributed by atoms with Gasteiger partial charge in [0.2, 0.25) is 0 Å². The molecule has 0 atom stereocenters. The number of hydrogen-bond donors (Lipinski definition) is 2. The predicted molar refractivity (Wildman–Crippen MR) is 63.1 cm³/mol. The van der Waals surface area contributed by atoms with E-state index in [9.17, 15) is 0 Å². The molecule has 78 valence electrons. The summed E-state index contributed by atoms with van der Waals surface area (Å²) in [4.78, 5) is 0. The van der Waals surface area contributed by atoms with Crippen molar-refractivity contribution in [3.8, 4) is 0 Å². The maximum Gasteiger partial charge on any atom is 0.0348 e. The highest BCUT2D eigenvalue weighted by Gasteiger charge is 1.99. The monoisotopic (exact) mass is 192 g/mol. The van der Waals surface area contributed by atoms with Crippen LogP contribution in [0, 0.1) is 0 Å². The van der Waals surface area contributed by atoms with E-state index in [-0.39, 0.29) is 0 Å². The third-order valence-corrected chi connectivity index (χ3v) is 2.47. The molecule has 4 N–H and O–H groups in total. The van der Waals surface area contributed by atoms with Crippen LogP contribution in [0.2, 0.25) is 0 Å². The van der Waals surface area contributed by atoms with Gasteiger partial charge in [0.1, 0.15) is 0 Å². The van der Waals surface area contributed by atoms with E-state index in [0.29, 0.717) is 0 Å². The van der Waals surface area contributed by atoms with Crippen LogP contribution in [0.15, 0.2) is 18.2 Å². The Morgan fingerprint density at radius 3 is 2.57 bits per heavy atom. The van der Waals surface area contributed by atoms with Gasteiger partial charge in [-0.1, -0.05) is 26.2 Å². The average molecular weight is 192 g/mol. The van der Waals surface area contributed by atoms with E-state index in [0.717, 1.165) is 17.8 Å². The lowest BCUT2D eigenvalue weighted by Gasteiger charge is -2.06. The van der Waals surface area contributed by atoms with E-state index in [1.54, 1.807) is 0 Å². The van der Waals surface area contributed by atoms with Gasteiger partial charge in [0.25, 0.3) is 0 Å². The minimum absolute atomic E-state index is 0.810. The lowest BCUT2D eigenvalue weighted by atomic mass is 10.0. The Balaban J connectivity index is 2.45. The van der Waals surface area contributed by atoms with E-state index in [4.69, 9.17) is 11.5 Å². The highest BCUT2D eigenvalue weighted by Crippen LogP contribution is 2.18. The van der Waals surface area contributed by atoms with Crippen molar-refractivity contribution in [2.75, 3.05) is 11.5 Å². The van der Waals surface area contributed by atoms with Gasteiger partial charge in [-0.25, -0.2) is 0 Å². The maximum atomic E-state index is 5.85. The Hall–Kier alpha value is -1.18. The van der Waals surface area contributed by atoms with Gasteiger partial charge in [-0.2, -0.15) is 0 Å². The van der Waals surface area contributed by atoms with Crippen LogP contribution < -0.4 is 11.5 Å². The Bertz CT molecular complexity index is 282. The molecule has 0 fully saturated rings. The molecule has 1 aromatic carbocycles. The number of anilines is 2. The molecule has 0 spiro atoms. The van der Waals surface area contributed by atoms with Crippen molar-refractivity contribution >= 4 is 11.4 Å². The predicted octanol–water partition coefficient (Wildman–Crippen LogP) is 2.97. The molecule has 0 amide bonds. The number of unbranched alkanes of at least 4 members (excludes halogenated alkanes) is 3. The van der Waals surface area contributed by atoms with E-state index >= 15 is 0 Å². The zero-order valence-electron chi connectivity index (χ0n) is 8.92. The number of hydrogen-bond acceptors (Lipinski definition) is 2. The molecule has 14 heavy (non-hydrogen) atoms. The van der Waals surface area contributed by atoms with Crippen LogP contribution in [0.5, 0.6) is 0 Å². The third kappa shape index (κ3) is 3.29. The molecule has 1 rings (SSSR count). The maximum absolute atomic E-state index is 5.85. The van der Waals surface area contributed by atoms with Crippen molar-refractivity contribution in [1.29, 1.82) is 0 Å². The fourth-order valence-corrected chi connectivity index (χ4v) is 1.58. The molecule has 0 aliphatic rings. The fourth-order valence-electron chi connectivity index (χ4n) is 1.58. The van der Waals surface area contributed by atoms with Gasteiger partial charge in [0, 0.05) is 11.4 Å². The number of benzene rings is 1. The van der Waals surface area contributed by atoms with Gasteiger partial charge in [0.15, 0.2) is 0 Å². The van der Waals surface area contributed by atoms with Gasteiger partial charge in [0.05, 0.1) is 0 Å². The first-order chi connectivity index (χ1) is 6.74. The van der Waals surface area contributed by atoms with Crippen LogP contribution in [0.3, 0.4) is 0 Å². The third-order valence-electron chi connectivity index (χ3n) is 2.47. The summed E-state index contributed by atoms with van der Waals surface area (Å²) >= 11 is 0. The lowest BCUT2D eigenvalue weighted by Crippen LogP contribution is -1.96. The van der Waals surface area contributed by atoms with Crippen LogP contribution in [-0.2, 0) is 6.42 Å². The number of nitrogens with two attached hydrogens (primary N) is 2. The van der Waals surface area contributed by atoms with Gasteiger partial charge in [-0.05, 0) is 36.6 Å². The van der Waals surface area contributed by atoms with Gasteiger partial charge in [-0.3, -0.25) is 0 Å². The fraction of sp³-hybridized carbons (Fsp3) is 0.500. The Morgan fingerprint density at radius 2 is 1.86 bits per heavy atom. The Morgan fingerprint density at radius 1 is 1.07 bits per heavy atom. The van der Waals surface area contributed by atoms with Gasteiger partial charge < -0.3 is 11.5 Å². The van der Waals surface area contributed by atoms with Crippen LogP contribution >= 0.6 is 0 Å². The first kappa shape index (κ1) is 10.9. The largest absolute Gasteiger partial charge is 0.399 e. The first-order valence-corrected chi connectivity index (χ1v) is 5.38. The van der Waals surface area contributed by atoms with Crippen molar-refractivity contribution in [2.45, 2.75) is 39.0 Å². The van der Waals surface area contributed by atoms with E-state index in [2.05, 4.69) is 6.92 Å². The number of rotatable bonds is 5. The second kappa shape index (κ2) is 5.53. The summed E-state index contributed by atoms with van der Waals surface area (Å²) in [5.74, 6) is 0. The van der Waals surface area contributed by atoms with Crippen LogP contribution in [0.4, 0.5) is 11.4 Å². The average Bonchev–Trinajstić information content (AvgIpc) is 2.18. The molecule has 0 bridgehead atoms. The summed E-state index contributed by atoms with van der Waals surface area (Å²) in [5, 5.41) is 0. The second-order valence-electron chi connectivity index (χ2n) is 3.77. The van der Waals surface area contributed by atoms with E-state index in [1.165, 1.54) is 31.2 Å². The number of aryl methyl sites for hydroxylation is 1. The Labute approximate surface area is 86.3 Å². The van der Waals surface area contributed by atoms with E-state index in [1.807, 2.05) is 18.2 Å². The zero-order valence-corrected chi connectivity index (χ0v) is 8.92. The smallest absolute Gasteiger partial charge is 0.0348 e. The molecule has 0 radical (unpaired) electrons. The van der Waals surface area contributed by atoms with Crippen molar-refractivity contribution in [3.63, 3.8) is 0 Å². The molecule has 2 heteroatoms. The SMILES string of the molecule is CCCCCCc1cc(N)ccc1N. The van der Waals surface area contributed by atoms with Crippen molar-refractivity contribution in [1.82, 2.24) is 0 Å². The summed E-state index contributed by atoms with van der Waals surface area (Å²) in [7, 11) is 0. The van der Waals surface area contributed by atoms with Crippen molar-refractivity contribution in [2.24, 2.45) is 0 Å². The minimum Gasteiger partial charge on any atom is -0.399 e. The molecule has 0 unspecified atom stereocenters. The second-order valence-corrected chi connectivity index (χ2v) is 3.77. The standard InChI is InChI=1S/C12H20N2/c1-2-3-4-5-6-10-9-11(13)7-8-12(10)14/h7-9H,2-6,13-14H2,1H3. The molecule has 0 heterocycles. The van der Waals surface area contributed by atoms with Crippen LogP contribution in [0.1, 0.15) is 38.2 Å². The molecular weight excluding hydrogens is 172 g/mol. The van der Waals surface area contributed by atoms with Gasteiger partial charge in [-0.15, -0.1) is 0 Å². The van der Waals surface area contributed by atoms with E-state index < -0.39 is 0 Å². The first-order valence-electron chi connectivity index (χ1n) is 5.38. The van der Waals surface area contributed by atoms with Gasteiger partial charge >= 0.3 is 0 Å². The topological polar surface area (TPSA) is 52.0 Å². The Kier molecular flexibility index (Phi) is 4.30. The highest BCUT2D eigenvalue weighted by atomic mass is 14.6. The summed E-state index contributed by atoms with van der Waals surface area (Å²) < 4.78 is 0. The molecule has 0 aliphatic carbocycles. The lowest BCUT2D eigenvalue weighted by molar-refractivity contribution is 0.667. The van der Waals surface area contributed by atoms with Crippen LogP contribution in [0.25, 0.3) is 0 Å². The molecule has 2 nitrogen and oxygen atoms in total. The quantitative estimate of drug-likeness (QED) is 0.556. The number of nitrogen functional groups attached to an aromatic ring is 2. The normalized spacial score (nSPS) is 10.4. The summed E-state index contributed by atoms with van der Waals surface area (Å²) in [6.07, 6.45) is 6.12. The zero-order chi connectivity index (χ0) is 10.4. The van der Waals surface area contributed by atoms with Crippen molar-refractivity contribution in [3.05, 3.63) is 23.8 Å². The molecule has 0 saturated heterocycles. The molecule has 0 aliphatic heterocycles. The van der Waals surface area contributed by atoms with Crippen LogP contribution in [-0.4, -0.2) is 0 Å². The highest BCUT2D eigenvalue weighted by molar-refractivity contribution is 5.55.